The van der Waals surface area contributed by atoms with Crippen LogP contribution in [0.15, 0.2) is 28.9 Å². The first-order valence-electron chi connectivity index (χ1n) is 13.5. The average molecular weight is 480 g/mol. The van der Waals surface area contributed by atoms with Crippen molar-refractivity contribution in [2.24, 2.45) is 17.8 Å². The number of likely N-dealkylation sites (tertiary alicyclic amines) is 1. The van der Waals surface area contributed by atoms with E-state index in [-0.39, 0.29) is 35.7 Å². The summed E-state index contributed by atoms with van der Waals surface area (Å²) in [6, 6.07) is 4.09. The van der Waals surface area contributed by atoms with Gasteiger partial charge in [-0.25, -0.2) is 0 Å². The number of amides is 2. The van der Waals surface area contributed by atoms with Crippen LogP contribution in [0, 0.1) is 31.6 Å². The van der Waals surface area contributed by atoms with Crippen molar-refractivity contribution in [2.45, 2.75) is 85.7 Å². The summed E-state index contributed by atoms with van der Waals surface area (Å²) in [5.41, 5.74) is 6.97. The lowest BCUT2D eigenvalue weighted by Crippen LogP contribution is -2.34. The Bertz CT molecular complexity index is 1030. The molecule has 1 N–H and O–H groups in total. The Morgan fingerprint density at radius 3 is 2.40 bits per heavy atom. The van der Waals surface area contributed by atoms with Crippen LogP contribution in [-0.2, 0) is 14.3 Å². The Morgan fingerprint density at radius 2 is 1.77 bits per heavy atom. The molecule has 2 saturated heterocycles. The van der Waals surface area contributed by atoms with E-state index < -0.39 is 0 Å². The predicted molar refractivity (Wildman–Crippen MR) is 139 cm³/mol. The topological polar surface area (TPSA) is 66.8 Å². The molecule has 0 unspecified atom stereocenters. The van der Waals surface area contributed by atoms with Crippen molar-refractivity contribution >= 4 is 17.9 Å². The molecule has 4 rings (SSSR count). The minimum Gasteiger partial charge on any atom is -0.507 e. The molecule has 3 aliphatic rings. The number of phenols is 1. The molecular formula is C30H41NO4. The van der Waals surface area contributed by atoms with Crippen LogP contribution in [0.25, 0.3) is 6.08 Å². The molecule has 0 bridgehead atoms. The second-order valence-corrected chi connectivity index (χ2v) is 10.6. The third-order valence-corrected chi connectivity index (χ3v) is 8.16. The standard InChI is InChI=1S/C30H41NO4/c1-6-9-20(15-21-13-18(4)28(32)19(5)14-21)10-11-25-26-22(8-3)16-23-27(24(26)17-35-25)30(34)31(12-7-2)29(23)33/h13-15,23-25,27,32H,6-12,16-17H2,1-5H3/b20-15+/t23-,24+,25-,27-/m1/s1. The number of aryl methyl sites for hydroxylation is 2. The fraction of sp³-hybridized carbons (Fsp3) is 0.600. The third kappa shape index (κ3) is 4.84. The summed E-state index contributed by atoms with van der Waals surface area (Å²) >= 11 is 0. The molecule has 2 heterocycles. The number of hydrogen-bond donors (Lipinski definition) is 1. The minimum atomic E-state index is -0.238. The van der Waals surface area contributed by atoms with Gasteiger partial charge in [-0.05, 0) is 86.8 Å². The molecular weight excluding hydrogens is 438 g/mol. The molecule has 5 heteroatoms. The van der Waals surface area contributed by atoms with Gasteiger partial charge in [0, 0.05) is 12.5 Å². The lowest BCUT2D eigenvalue weighted by Gasteiger charge is -2.31. The van der Waals surface area contributed by atoms with Gasteiger partial charge in [0.05, 0.1) is 24.5 Å². The minimum absolute atomic E-state index is 0.0217. The average Bonchev–Trinajstić information content (AvgIpc) is 3.35. The Balaban J connectivity index is 1.54. The highest BCUT2D eigenvalue weighted by Crippen LogP contribution is 2.50. The monoisotopic (exact) mass is 479 g/mol. The van der Waals surface area contributed by atoms with Crippen molar-refractivity contribution in [1.29, 1.82) is 0 Å². The summed E-state index contributed by atoms with van der Waals surface area (Å²) in [5, 5.41) is 10.1. The zero-order chi connectivity index (χ0) is 25.3. The van der Waals surface area contributed by atoms with Crippen molar-refractivity contribution in [3.05, 3.63) is 45.5 Å². The number of allylic oxidation sites excluding steroid dienone is 2. The maximum atomic E-state index is 13.2. The first kappa shape index (κ1) is 25.7. The zero-order valence-electron chi connectivity index (χ0n) is 22.0. The number of aromatic hydroxyl groups is 1. The lowest BCUT2D eigenvalue weighted by molar-refractivity contribution is -0.140. The summed E-state index contributed by atoms with van der Waals surface area (Å²) in [6.45, 7) is 11.3. The van der Waals surface area contributed by atoms with Gasteiger partial charge in [-0.2, -0.15) is 0 Å². The van der Waals surface area contributed by atoms with Gasteiger partial charge >= 0.3 is 0 Å². The molecule has 0 spiro atoms. The molecule has 0 aromatic heterocycles. The second kappa shape index (κ2) is 10.7. The molecule has 190 valence electrons. The number of fused-ring (bicyclic) bond motifs is 3. The predicted octanol–water partition coefficient (Wildman–Crippen LogP) is 6.11. The van der Waals surface area contributed by atoms with Crippen molar-refractivity contribution in [3.8, 4) is 5.75 Å². The Kier molecular flexibility index (Phi) is 7.85. The first-order chi connectivity index (χ1) is 16.8. The number of carbonyl (C=O) groups excluding carboxylic acids is 2. The largest absolute Gasteiger partial charge is 0.507 e. The maximum absolute atomic E-state index is 13.2. The first-order valence-corrected chi connectivity index (χ1v) is 13.5. The molecule has 0 saturated carbocycles. The Hall–Kier alpha value is -2.40. The molecule has 0 radical (unpaired) electrons. The molecule has 2 fully saturated rings. The Morgan fingerprint density at radius 1 is 1.06 bits per heavy atom. The third-order valence-electron chi connectivity index (χ3n) is 8.16. The Labute approximate surface area is 210 Å². The quantitative estimate of drug-likeness (QED) is 0.343. The van der Waals surface area contributed by atoms with E-state index in [4.69, 9.17) is 4.74 Å². The number of benzene rings is 1. The van der Waals surface area contributed by atoms with Crippen molar-refractivity contribution < 1.29 is 19.4 Å². The van der Waals surface area contributed by atoms with Crippen LogP contribution < -0.4 is 0 Å². The second-order valence-electron chi connectivity index (χ2n) is 10.6. The van der Waals surface area contributed by atoms with E-state index >= 15 is 0 Å². The number of hydrogen-bond acceptors (Lipinski definition) is 4. The molecule has 5 nitrogen and oxygen atoms in total. The van der Waals surface area contributed by atoms with E-state index in [1.54, 1.807) is 0 Å². The zero-order valence-corrected chi connectivity index (χ0v) is 22.0. The van der Waals surface area contributed by atoms with Crippen molar-refractivity contribution in [2.75, 3.05) is 13.2 Å². The van der Waals surface area contributed by atoms with Gasteiger partial charge < -0.3 is 9.84 Å². The fourth-order valence-corrected chi connectivity index (χ4v) is 6.54. The number of phenolic OH excluding ortho intramolecular Hbond substituents is 1. The van der Waals surface area contributed by atoms with E-state index in [9.17, 15) is 14.7 Å². The van der Waals surface area contributed by atoms with Gasteiger partial charge in [0.15, 0.2) is 0 Å². The number of carbonyl (C=O) groups is 2. The molecule has 2 amide bonds. The lowest BCUT2D eigenvalue weighted by atomic mass is 9.69. The summed E-state index contributed by atoms with van der Waals surface area (Å²) in [7, 11) is 0. The molecule has 4 atom stereocenters. The number of nitrogens with zero attached hydrogens (tertiary/aromatic N) is 1. The highest BCUT2D eigenvalue weighted by Gasteiger charge is 2.56. The van der Waals surface area contributed by atoms with Gasteiger partial charge in [-0.3, -0.25) is 14.5 Å². The number of imide groups is 1. The molecule has 35 heavy (non-hydrogen) atoms. The van der Waals surface area contributed by atoms with Crippen LogP contribution in [0.4, 0.5) is 0 Å². The summed E-state index contributed by atoms with van der Waals surface area (Å²) < 4.78 is 6.35. The highest BCUT2D eigenvalue weighted by atomic mass is 16.5. The molecule has 1 aromatic rings. The summed E-state index contributed by atoms with van der Waals surface area (Å²) in [4.78, 5) is 27.8. The number of ether oxygens (including phenoxy) is 1. The summed E-state index contributed by atoms with van der Waals surface area (Å²) in [6.07, 6.45) is 8.66. The molecule has 1 aliphatic carbocycles. The van der Waals surface area contributed by atoms with E-state index in [1.165, 1.54) is 21.6 Å². The van der Waals surface area contributed by atoms with E-state index in [2.05, 4.69) is 19.9 Å². The van der Waals surface area contributed by atoms with Crippen LogP contribution in [0.2, 0.25) is 0 Å². The normalized spacial score (nSPS) is 26.5. The molecule has 1 aromatic carbocycles. The smallest absolute Gasteiger partial charge is 0.233 e. The highest BCUT2D eigenvalue weighted by molar-refractivity contribution is 6.05. The number of rotatable bonds is 9. The van der Waals surface area contributed by atoms with Gasteiger partial charge in [-0.15, -0.1) is 0 Å². The van der Waals surface area contributed by atoms with Crippen LogP contribution in [-0.4, -0.2) is 41.1 Å². The van der Waals surface area contributed by atoms with Gasteiger partial charge in [0.2, 0.25) is 11.8 Å². The van der Waals surface area contributed by atoms with Crippen molar-refractivity contribution in [3.63, 3.8) is 0 Å². The summed E-state index contributed by atoms with van der Waals surface area (Å²) in [5.74, 6) is 0.0376. The van der Waals surface area contributed by atoms with Crippen molar-refractivity contribution in [1.82, 2.24) is 4.90 Å². The van der Waals surface area contributed by atoms with Gasteiger partial charge in [-0.1, -0.05) is 44.4 Å². The SMILES string of the molecule is CCC/C(=C\c1cc(C)c(O)c(C)c1)CC[C@H]1OC[C@H]2C1=C(CC)C[C@H]1C(=O)N(CCC)C(=O)[C@H]12. The van der Waals surface area contributed by atoms with Crippen LogP contribution in [0.1, 0.15) is 82.4 Å². The van der Waals surface area contributed by atoms with E-state index in [0.29, 0.717) is 25.3 Å². The van der Waals surface area contributed by atoms with E-state index in [1.807, 2.05) is 32.9 Å². The maximum Gasteiger partial charge on any atom is 0.233 e. The van der Waals surface area contributed by atoms with Crippen LogP contribution in [0.5, 0.6) is 5.75 Å². The van der Waals surface area contributed by atoms with Gasteiger partial charge in [0.1, 0.15) is 5.75 Å². The van der Waals surface area contributed by atoms with E-state index in [0.717, 1.165) is 55.2 Å². The molecule has 2 aliphatic heterocycles. The van der Waals surface area contributed by atoms with Gasteiger partial charge in [0.25, 0.3) is 0 Å². The van der Waals surface area contributed by atoms with Crippen LogP contribution in [0.3, 0.4) is 0 Å². The van der Waals surface area contributed by atoms with Crippen LogP contribution >= 0.6 is 0 Å². The fourth-order valence-electron chi connectivity index (χ4n) is 6.54.